The van der Waals surface area contributed by atoms with Crippen molar-refractivity contribution in [2.24, 2.45) is 0 Å². The number of aromatic nitrogens is 3. The molecule has 3 heterocycles. The van der Waals surface area contributed by atoms with Crippen LogP contribution in [-0.4, -0.2) is 64.9 Å². The van der Waals surface area contributed by atoms with Crippen molar-refractivity contribution in [3.05, 3.63) is 48.2 Å². The molecule has 2 amide bonds. The van der Waals surface area contributed by atoms with Gasteiger partial charge in [0, 0.05) is 18.5 Å². The molecule has 10 heteroatoms. The van der Waals surface area contributed by atoms with Crippen molar-refractivity contribution in [3.63, 3.8) is 0 Å². The predicted molar refractivity (Wildman–Crippen MR) is 121 cm³/mol. The number of methoxy groups -OCH3 is 1. The molecule has 4 aromatic rings. The molecule has 1 fully saturated rings. The standard InChI is InChI=1S/C22H21N5O4S/c1-30-14-6-7-16-18(12-14)32-22(23-16)24-19(28)13-27-17-5-3-2-4-15(17)20(25-27)21(29)26-8-10-31-11-9-26/h2-7,12H,8-11,13H2,1H3,(H,23,24,28). The van der Waals surface area contributed by atoms with Gasteiger partial charge in [0.1, 0.15) is 12.3 Å². The predicted octanol–water partition coefficient (Wildman–Crippen LogP) is 2.77. The molecule has 0 spiro atoms. The van der Waals surface area contributed by atoms with Crippen molar-refractivity contribution >= 4 is 49.4 Å². The molecule has 2 aromatic heterocycles. The molecule has 32 heavy (non-hydrogen) atoms. The molecule has 0 atom stereocenters. The first-order chi connectivity index (χ1) is 15.6. The first kappa shape index (κ1) is 20.4. The van der Waals surface area contributed by atoms with E-state index in [2.05, 4.69) is 15.4 Å². The number of anilines is 1. The number of benzene rings is 2. The number of rotatable bonds is 5. The smallest absolute Gasteiger partial charge is 0.275 e. The Morgan fingerprint density at radius 1 is 1.19 bits per heavy atom. The molecule has 5 rings (SSSR count). The topological polar surface area (TPSA) is 98.6 Å². The molecule has 1 N–H and O–H groups in total. The van der Waals surface area contributed by atoms with E-state index in [1.54, 1.807) is 16.7 Å². The van der Waals surface area contributed by atoms with E-state index in [4.69, 9.17) is 9.47 Å². The van der Waals surface area contributed by atoms with Crippen molar-refractivity contribution in [2.75, 3.05) is 38.7 Å². The highest BCUT2D eigenvalue weighted by molar-refractivity contribution is 7.22. The minimum absolute atomic E-state index is 0.0316. The normalized spacial score (nSPS) is 14.1. The van der Waals surface area contributed by atoms with Crippen molar-refractivity contribution < 1.29 is 19.1 Å². The second-order valence-corrected chi connectivity index (χ2v) is 8.36. The van der Waals surface area contributed by atoms with E-state index in [0.717, 1.165) is 26.9 Å². The second-order valence-electron chi connectivity index (χ2n) is 7.33. The van der Waals surface area contributed by atoms with E-state index in [0.29, 0.717) is 37.1 Å². The molecule has 164 valence electrons. The lowest BCUT2D eigenvalue weighted by atomic mass is 10.2. The van der Waals surface area contributed by atoms with Gasteiger partial charge in [-0.25, -0.2) is 4.98 Å². The summed E-state index contributed by atoms with van der Waals surface area (Å²) in [6, 6.07) is 13.0. The first-order valence-electron chi connectivity index (χ1n) is 10.2. The molecule has 0 bridgehead atoms. The monoisotopic (exact) mass is 451 g/mol. The van der Waals surface area contributed by atoms with Crippen LogP contribution in [0.25, 0.3) is 21.1 Å². The van der Waals surface area contributed by atoms with Crippen LogP contribution in [0.4, 0.5) is 5.13 Å². The van der Waals surface area contributed by atoms with Crippen LogP contribution in [0.15, 0.2) is 42.5 Å². The zero-order valence-electron chi connectivity index (χ0n) is 17.4. The summed E-state index contributed by atoms with van der Waals surface area (Å²) < 4.78 is 13.1. The fraction of sp³-hybridized carbons (Fsp3) is 0.273. The first-order valence-corrected chi connectivity index (χ1v) is 11.0. The van der Waals surface area contributed by atoms with Crippen molar-refractivity contribution in [1.82, 2.24) is 19.7 Å². The van der Waals surface area contributed by atoms with Crippen LogP contribution >= 0.6 is 11.3 Å². The maximum atomic E-state index is 13.0. The van der Waals surface area contributed by atoms with E-state index in [1.807, 2.05) is 42.5 Å². The number of nitrogens with one attached hydrogen (secondary N) is 1. The summed E-state index contributed by atoms with van der Waals surface area (Å²) in [7, 11) is 1.61. The summed E-state index contributed by atoms with van der Waals surface area (Å²) in [4.78, 5) is 32.0. The van der Waals surface area contributed by atoms with Gasteiger partial charge in [0.05, 0.1) is 36.1 Å². The van der Waals surface area contributed by atoms with E-state index < -0.39 is 0 Å². The van der Waals surface area contributed by atoms with Gasteiger partial charge in [-0.1, -0.05) is 29.5 Å². The highest BCUT2D eigenvalue weighted by Crippen LogP contribution is 2.29. The maximum Gasteiger partial charge on any atom is 0.275 e. The quantitative estimate of drug-likeness (QED) is 0.501. The van der Waals surface area contributed by atoms with E-state index in [-0.39, 0.29) is 18.4 Å². The molecule has 1 aliphatic heterocycles. The number of para-hydroxylation sites is 1. The lowest BCUT2D eigenvalue weighted by Gasteiger charge is -2.26. The Balaban J connectivity index is 1.38. The van der Waals surface area contributed by atoms with Crippen LogP contribution in [0.1, 0.15) is 10.5 Å². The number of thiazole rings is 1. The Labute approximate surface area is 187 Å². The summed E-state index contributed by atoms with van der Waals surface area (Å²) in [6.45, 7) is 2.06. The summed E-state index contributed by atoms with van der Waals surface area (Å²) in [5, 5.41) is 8.57. The second kappa shape index (κ2) is 8.56. The number of hydrogen-bond acceptors (Lipinski definition) is 7. The number of amides is 2. The van der Waals surface area contributed by atoms with Gasteiger partial charge in [-0.2, -0.15) is 5.10 Å². The fourth-order valence-corrected chi connectivity index (χ4v) is 4.61. The summed E-state index contributed by atoms with van der Waals surface area (Å²) in [5.74, 6) is 0.318. The molecular weight excluding hydrogens is 430 g/mol. The number of carbonyl (C=O) groups excluding carboxylic acids is 2. The van der Waals surface area contributed by atoms with E-state index >= 15 is 0 Å². The summed E-state index contributed by atoms with van der Waals surface area (Å²) >= 11 is 1.37. The lowest BCUT2D eigenvalue weighted by Crippen LogP contribution is -2.41. The molecule has 0 aliphatic carbocycles. The molecule has 0 unspecified atom stereocenters. The molecule has 0 radical (unpaired) electrons. The average Bonchev–Trinajstić information content (AvgIpc) is 3.39. The molecule has 1 saturated heterocycles. The molecule has 1 aliphatic rings. The maximum absolute atomic E-state index is 13.0. The van der Waals surface area contributed by atoms with Gasteiger partial charge >= 0.3 is 0 Å². The average molecular weight is 452 g/mol. The SMILES string of the molecule is COc1ccc2nc(NC(=O)Cn3nc(C(=O)N4CCOCC4)c4ccccc43)sc2c1. The van der Waals surface area contributed by atoms with Crippen LogP contribution in [0, 0.1) is 0 Å². The van der Waals surface area contributed by atoms with Gasteiger partial charge in [0.15, 0.2) is 10.8 Å². The number of carbonyl (C=O) groups is 2. The minimum Gasteiger partial charge on any atom is -0.497 e. The Morgan fingerprint density at radius 3 is 2.81 bits per heavy atom. The molecule has 9 nitrogen and oxygen atoms in total. The fourth-order valence-electron chi connectivity index (χ4n) is 3.70. The van der Waals surface area contributed by atoms with Crippen LogP contribution < -0.4 is 10.1 Å². The van der Waals surface area contributed by atoms with Gasteiger partial charge in [-0.15, -0.1) is 0 Å². The van der Waals surface area contributed by atoms with Gasteiger partial charge < -0.3 is 19.7 Å². The van der Waals surface area contributed by atoms with Gasteiger partial charge in [-0.3, -0.25) is 14.3 Å². The van der Waals surface area contributed by atoms with Crippen molar-refractivity contribution in [2.45, 2.75) is 6.54 Å². The van der Waals surface area contributed by atoms with Crippen LogP contribution in [0.5, 0.6) is 5.75 Å². The molecule has 2 aromatic carbocycles. The van der Waals surface area contributed by atoms with Crippen LogP contribution in [-0.2, 0) is 16.1 Å². The number of nitrogens with zero attached hydrogens (tertiary/aromatic N) is 4. The third-order valence-corrected chi connectivity index (χ3v) is 6.23. The Hall–Kier alpha value is -3.50. The zero-order valence-corrected chi connectivity index (χ0v) is 18.2. The lowest BCUT2D eigenvalue weighted by molar-refractivity contribution is -0.116. The van der Waals surface area contributed by atoms with Gasteiger partial charge in [-0.05, 0) is 24.3 Å². The molecular formula is C22H21N5O4S. The van der Waals surface area contributed by atoms with Crippen molar-refractivity contribution in [3.8, 4) is 5.75 Å². The van der Waals surface area contributed by atoms with Crippen LogP contribution in [0.3, 0.4) is 0 Å². The highest BCUT2D eigenvalue weighted by Gasteiger charge is 2.24. The number of fused-ring (bicyclic) bond motifs is 2. The Morgan fingerprint density at radius 2 is 2.00 bits per heavy atom. The van der Waals surface area contributed by atoms with Crippen molar-refractivity contribution in [1.29, 1.82) is 0 Å². The number of morpholine rings is 1. The third-order valence-electron chi connectivity index (χ3n) is 5.29. The van der Waals surface area contributed by atoms with Gasteiger partial charge in [0.25, 0.3) is 5.91 Å². The zero-order chi connectivity index (χ0) is 22.1. The summed E-state index contributed by atoms with van der Waals surface area (Å²) in [6.07, 6.45) is 0. The largest absolute Gasteiger partial charge is 0.497 e. The summed E-state index contributed by atoms with van der Waals surface area (Å²) in [5.41, 5.74) is 1.87. The highest BCUT2D eigenvalue weighted by atomic mass is 32.1. The third kappa shape index (κ3) is 3.90. The van der Waals surface area contributed by atoms with E-state index in [9.17, 15) is 9.59 Å². The molecule has 0 saturated carbocycles. The van der Waals surface area contributed by atoms with E-state index in [1.165, 1.54) is 11.3 Å². The van der Waals surface area contributed by atoms with Crippen LogP contribution in [0.2, 0.25) is 0 Å². The van der Waals surface area contributed by atoms with Gasteiger partial charge in [0.2, 0.25) is 5.91 Å². The Bertz CT molecular complexity index is 1310. The number of ether oxygens (including phenoxy) is 2. The Kier molecular flexibility index (Phi) is 5.46. The minimum atomic E-state index is -0.269. The number of hydrogen-bond donors (Lipinski definition) is 1.